The number of aliphatic hydroxyl groups excluding tert-OH is 1. The van der Waals surface area contributed by atoms with Crippen LogP contribution >= 0.6 is 0 Å². The molecule has 35 heavy (non-hydrogen) atoms. The number of ketones is 1. The number of allylic oxidation sites excluding steroid dienone is 2. The van der Waals surface area contributed by atoms with Crippen molar-refractivity contribution in [3.05, 3.63) is 48.0 Å². The Morgan fingerprint density at radius 3 is 2.51 bits per heavy atom. The Labute approximate surface area is 211 Å². The van der Waals surface area contributed by atoms with E-state index in [1.54, 1.807) is 0 Å². The van der Waals surface area contributed by atoms with Gasteiger partial charge in [0.15, 0.2) is 0 Å². The highest BCUT2D eigenvalue weighted by Gasteiger charge is 2.53. The van der Waals surface area contributed by atoms with Gasteiger partial charge in [0.05, 0.1) is 12.0 Å². The topological polar surface area (TPSA) is 87.7 Å². The summed E-state index contributed by atoms with van der Waals surface area (Å²) in [4.78, 5) is 24.9. The molecule has 196 valence electrons. The SMILES string of the molecule is CCCCC=CC1C(=O)C1[C@H](O)[C@H](CCCC)NC[C@@H](CC(C)C)NC(=O)OCc1ccccc1. The minimum atomic E-state index is -0.723. The summed E-state index contributed by atoms with van der Waals surface area (Å²) in [6.07, 6.45) is 9.68. The second-order valence-electron chi connectivity index (χ2n) is 10.2. The number of alkyl carbamates (subject to hydrolysis) is 1. The zero-order valence-electron chi connectivity index (χ0n) is 22.0. The molecule has 0 saturated heterocycles. The van der Waals surface area contributed by atoms with Gasteiger partial charge in [-0.1, -0.05) is 95.9 Å². The van der Waals surface area contributed by atoms with Gasteiger partial charge < -0.3 is 20.5 Å². The first-order valence-corrected chi connectivity index (χ1v) is 13.5. The molecular formula is C29H46N2O4. The Kier molecular flexibility index (Phi) is 13.1. The number of Topliss-reactive ketones (excluding diaryl/α,β-unsaturated/α-hetero) is 1. The molecule has 0 bridgehead atoms. The van der Waals surface area contributed by atoms with Crippen LogP contribution < -0.4 is 10.6 Å². The van der Waals surface area contributed by atoms with Crippen LogP contribution in [0.25, 0.3) is 0 Å². The van der Waals surface area contributed by atoms with E-state index in [2.05, 4.69) is 44.4 Å². The average molecular weight is 487 g/mol. The lowest BCUT2D eigenvalue weighted by atomic mass is 9.98. The van der Waals surface area contributed by atoms with Gasteiger partial charge in [0.1, 0.15) is 12.4 Å². The Hall–Kier alpha value is -2.18. The first-order valence-electron chi connectivity index (χ1n) is 13.5. The van der Waals surface area contributed by atoms with E-state index in [9.17, 15) is 14.7 Å². The number of ether oxygens (including phenoxy) is 1. The molecule has 1 saturated carbocycles. The Morgan fingerprint density at radius 2 is 1.86 bits per heavy atom. The zero-order valence-corrected chi connectivity index (χ0v) is 22.0. The van der Waals surface area contributed by atoms with Gasteiger partial charge in [-0.15, -0.1) is 0 Å². The van der Waals surface area contributed by atoms with Crippen LogP contribution in [-0.2, 0) is 16.1 Å². The van der Waals surface area contributed by atoms with Gasteiger partial charge in [0.25, 0.3) is 0 Å². The summed E-state index contributed by atoms with van der Waals surface area (Å²) in [5, 5.41) is 17.5. The minimum Gasteiger partial charge on any atom is -0.445 e. The molecule has 0 heterocycles. The van der Waals surface area contributed by atoms with E-state index in [1.807, 2.05) is 36.4 Å². The average Bonchev–Trinajstić information content (AvgIpc) is 3.49. The predicted octanol–water partition coefficient (Wildman–Crippen LogP) is 5.40. The third-order valence-corrected chi connectivity index (χ3v) is 6.57. The number of hydrogen-bond donors (Lipinski definition) is 3. The van der Waals surface area contributed by atoms with Gasteiger partial charge in [-0.05, 0) is 30.7 Å². The van der Waals surface area contributed by atoms with Gasteiger partial charge in [-0.3, -0.25) is 4.79 Å². The van der Waals surface area contributed by atoms with E-state index >= 15 is 0 Å². The van der Waals surface area contributed by atoms with Crippen molar-refractivity contribution in [2.24, 2.45) is 17.8 Å². The lowest BCUT2D eigenvalue weighted by Crippen LogP contribution is -2.49. The first-order chi connectivity index (χ1) is 16.9. The molecule has 1 aliphatic carbocycles. The monoisotopic (exact) mass is 486 g/mol. The van der Waals surface area contributed by atoms with Crippen molar-refractivity contribution in [1.29, 1.82) is 0 Å². The molecule has 3 N–H and O–H groups in total. The number of nitrogens with one attached hydrogen (secondary N) is 2. The van der Waals surface area contributed by atoms with Gasteiger partial charge >= 0.3 is 6.09 Å². The number of carbonyl (C=O) groups is 2. The van der Waals surface area contributed by atoms with E-state index < -0.39 is 12.2 Å². The van der Waals surface area contributed by atoms with Crippen LogP contribution in [0.4, 0.5) is 4.79 Å². The molecule has 6 nitrogen and oxygen atoms in total. The van der Waals surface area contributed by atoms with Crippen LogP contribution in [0.15, 0.2) is 42.5 Å². The molecule has 2 rings (SSSR count). The summed E-state index contributed by atoms with van der Waals surface area (Å²) in [7, 11) is 0. The molecule has 1 fully saturated rings. The maximum atomic E-state index is 12.4. The summed E-state index contributed by atoms with van der Waals surface area (Å²) < 4.78 is 5.41. The second kappa shape index (κ2) is 15.7. The highest BCUT2D eigenvalue weighted by Crippen LogP contribution is 2.39. The molecule has 1 aliphatic rings. The molecule has 0 spiro atoms. The zero-order chi connectivity index (χ0) is 25.6. The third-order valence-electron chi connectivity index (χ3n) is 6.57. The van der Waals surface area contributed by atoms with Crippen molar-refractivity contribution >= 4 is 11.9 Å². The fraction of sp³-hybridized carbons (Fsp3) is 0.655. The van der Waals surface area contributed by atoms with Crippen molar-refractivity contribution < 1.29 is 19.4 Å². The molecular weight excluding hydrogens is 440 g/mol. The predicted molar refractivity (Wildman–Crippen MR) is 141 cm³/mol. The third kappa shape index (κ3) is 10.5. The van der Waals surface area contributed by atoms with Crippen LogP contribution in [0.3, 0.4) is 0 Å². The summed E-state index contributed by atoms with van der Waals surface area (Å²) in [6.45, 7) is 9.25. The number of rotatable bonds is 17. The van der Waals surface area contributed by atoms with E-state index in [4.69, 9.17) is 4.74 Å². The maximum Gasteiger partial charge on any atom is 0.407 e. The van der Waals surface area contributed by atoms with Crippen LogP contribution in [0.1, 0.15) is 78.2 Å². The van der Waals surface area contributed by atoms with Gasteiger partial charge in [-0.2, -0.15) is 0 Å². The van der Waals surface area contributed by atoms with Crippen molar-refractivity contribution in [1.82, 2.24) is 10.6 Å². The Balaban J connectivity index is 1.92. The van der Waals surface area contributed by atoms with Crippen molar-refractivity contribution in [3.63, 3.8) is 0 Å². The van der Waals surface area contributed by atoms with E-state index in [-0.39, 0.29) is 36.3 Å². The van der Waals surface area contributed by atoms with Crippen molar-refractivity contribution in [3.8, 4) is 0 Å². The molecule has 0 aliphatic heterocycles. The van der Waals surface area contributed by atoms with Crippen molar-refractivity contribution in [2.45, 2.75) is 97.4 Å². The standard InChI is InChI=1S/C29H46N2O4/c1-5-7-9-13-16-24-26(27(24)32)28(33)25(17-8-6-2)30-19-23(18-21(3)4)31-29(34)35-20-22-14-11-10-12-15-22/h10-16,21,23-26,28,30,33H,5-9,17-20H2,1-4H3,(H,31,34)/t23-,24?,25+,26?,28-/m1/s1. The number of amides is 1. The lowest BCUT2D eigenvalue weighted by Gasteiger charge is -2.28. The molecule has 6 heteroatoms. The number of aliphatic hydroxyl groups is 1. The highest BCUT2D eigenvalue weighted by atomic mass is 16.5. The van der Waals surface area contributed by atoms with Crippen LogP contribution in [-0.4, -0.2) is 41.7 Å². The molecule has 0 aromatic heterocycles. The fourth-order valence-electron chi connectivity index (χ4n) is 4.49. The van der Waals surface area contributed by atoms with E-state index in [0.29, 0.717) is 12.5 Å². The maximum absolute atomic E-state index is 12.4. The van der Waals surface area contributed by atoms with Crippen LogP contribution in [0.5, 0.6) is 0 Å². The number of unbranched alkanes of at least 4 members (excludes halogenated alkanes) is 3. The highest BCUT2D eigenvalue weighted by molar-refractivity contribution is 6.01. The van der Waals surface area contributed by atoms with Gasteiger partial charge in [0.2, 0.25) is 0 Å². The number of benzene rings is 1. The fourth-order valence-corrected chi connectivity index (χ4v) is 4.49. The number of carbonyl (C=O) groups excluding carboxylic acids is 2. The largest absolute Gasteiger partial charge is 0.445 e. The van der Waals surface area contributed by atoms with Crippen LogP contribution in [0.2, 0.25) is 0 Å². The molecule has 1 amide bonds. The lowest BCUT2D eigenvalue weighted by molar-refractivity contribution is -0.112. The van der Waals surface area contributed by atoms with E-state index in [0.717, 1.165) is 50.5 Å². The summed E-state index contributed by atoms with van der Waals surface area (Å²) in [5.74, 6) is 0.0349. The smallest absolute Gasteiger partial charge is 0.407 e. The van der Waals surface area contributed by atoms with Crippen LogP contribution in [0, 0.1) is 17.8 Å². The second-order valence-corrected chi connectivity index (χ2v) is 10.2. The first kappa shape index (κ1) is 29.1. The summed E-state index contributed by atoms with van der Waals surface area (Å²) >= 11 is 0. The molecule has 2 unspecified atom stereocenters. The van der Waals surface area contributed by atoms with Crippen molar-refractivity contribution in [2.75, 3.05) is 6.54 Å². The normalized spacial score (nSPS) is 20.1. The van der Waals surface area contributed by atoms with E-state index in [1.165, 1.54) is 0 Å². The molecule has 0 radical (unpaired) electrons. The molecule has 5 atom stereocenters. The quantitative estimate of drug-likeness (QED) is 0.203. The number of hydrogen-bond acceptors (Lipinski definition) is 5. The Morgan fingerprint density at radius 1 is 1.14 bits per heavy atom. The molecule has 1 aromatic carbocycles. The van der Waals surface area contributed by atoms with Gasteiger partial charge in [-0.25, -0.2) is 4.79 Å². The van der Waals surface area contributed by atoms with Gasteiger partial charge in [0, 0.05) is 24.5 Å². The molecule has 1 aromatic rings. The summed E-state index contributed by atoms with van der Waals surface area (Å²) in [5.41, 5.74) is 0.941. The summed E-state index contributed by atoms with van der Waals surface area (Å²) in [6, 6.07) is 9.29. The minimum absolute atomic E-state index is 0.130. The Bertz CT molecular complexity index is 780.